The number of pyridine rings is 1. The van der Waals surface area contributed by atoms with Gasteiger partial charge < -0.3 is 20.1 Å². The van der Waals surface area contributed by atoms with Crippen molar-refractivity contribution in [3.63, 3.8) is 0 Å². The van der Waals surface area contributed by atoms with Gasteiger partial charge in [0, 0.05) is 18.7 Å². The highest BCUT2D eigenvalue weighted by Crippen LogP contribution is 2.45. The Labute approximate surface area is 180 Å². The maximum Gasteiger partial charge on any atom is 0.410 e. The van der Waals surface area contributed by atoms with Crippen LogP contribution in [-0.4, -0.2) is 33.6 Å². The zero-order valence-electron chi connectivity index (χ0n) is 16.6. The minimum atomic E-state index is -4.54. The van der Waals surface area contributed by atoms with Crippen molar-refractivity contribution >= 4 is 11.7 Å². The Morgan fingerprint density at radius 2 is 2.03 bits per heavy atom. The van der Waals surface area contributed by atoms with Crippen molar-refractivity contribution in [1.82, 2.24) is 20.1 Å². The van der Waals surface area contributed by atoms with E-state index < -0.39 is 24.2 Å². The Morgan fingerprint density at radius 3 is 2.81 bits per heavy atom. The van der Waals surface area contributed by atoms with Crippen LogP contribution >= 0.6 is 0 Å². The fourth-order valence-corrected chi connectivity index (χ4v) is 3.80. The molecule has 0 bridgehead atoms. The van der Waals surface area contributed by atoms with Gasteiger partial charge in [-0.25, -0.2) is 4.68 Å². The molecule has 1 amide bonds. The molecule has 0 fully saturated rings. The molecule has 5 rings (SSSR count). The Hall–Kier alpha value is -3.76. The summed E-state index contributed by atoms with van der Waals surface area (Å²) >= 11 is 0. The predicted molar refractivity (Wildman–Crippen MR) is 106 cm³/mol. The molecule has 11 heteroatoms. The molecule has 2 aliphatic rings. The molecule has 2 unspecified atom stereocenters. The van der Waals surface area contributed by atoms with Crippen LogP contribution in [0.2, 0.25) is 0 Å². The number of rotatable bonds is 4. The minimum Gasteiger partial charge on any atom is -0.454 e. The monoisotopic (exact) mass is 445 g/mol. The number of aromatic nitrogens is 3. The first kappa shape index (κ1) is 20.2. The van der Waals surface area contributed by atoms with Crippen molar-refractivity contribution in [3.8, 4) is 11.5 Å². The number of fused-ring (bicyclic) bond motifs is 2. The highest BCUT2D eigenvalue weighted by Gasteiger charge is 2.47. The number of halogens is 3. The standard InChI is InChI=1S/C21H18F3N5O3/c22-21(23,24)18-8-14(12-4-5-16-17(7-12)32-11-31-16)27-19-9-15(28-29(18)19)20(30)26-10-13-3-1-2-6-25-13/h1-7,9,14,18,27H,8,10-11H2,(H,26,30). The zero-order chi connectivity index (χ0) is 22.3. The Balaban J connectivity index is 1.40. The third-order valence-electron chi connectivity index (χ3n) is 5.38. The van der Waals surface area contributed by atoms with Crippen molar-refractivity contribution in [2.24, 2.45) is 0 Å². The number of ether oxygens (including phenoxy) is 2. The molecule has 166 valence electrons. The van der Waals surface area contributed by atoms with Crippen LogP contribution in [0.1, 0.15) is 40.3 Å². The highest BCUT2D eigenvalue weighted by molar-refractivity contribution is 5.93. The van der Waals surface area contributed by atoms with Gasteiger partial charge in [0.25, 0.3) is 5.91 Å². The molecule has 8 nitrogen and oxygen atoms in total. The summed E-state index contributed by atoms with van der Waals surface area (Å²) < 4.78 is 53.0. The smallest absolute Gasteiger partial charge is 0.410 e. The molecular formula is C21H18F3N5O3. The van der Waals surface area contributed by atoms with E-state index in [0.717, 1.165) is 4.68 Å². The molecule has 0 saturated carbocycles. The van der Waals surface area contributed by atoms with Crippen molar-refractivity contribution in [2.45, 2.75) is 31.2 Å². The molecule has 0 aliphatic carbocycles. The molecule has 2 aromatic heterocycles. The number of hydrogen-bond donors (Lipinski definition) is 2. The fraction of sp³-hybridized carbons (Fsp3) is 0.286. The summed E-state index contributed by atoms with van der Waals surface area (Å²) in [7, 11) is 0. The number of benzene rings is 1. The summed E-state index contributed by atoms with van der Waals surface area (Å²) in [6.07, 6.45) is -3.24. The van der Waals surface area contributed by atoms with E-state index in [-0.39, 0.29) is 31.3 Å². The average Bonchev–Trinajstić information content (AvgIpc) is 3.43. The van der Waals surface area contributed by atoms with Crippen molar-refractivity contribution in [2.75, 3.05) is 12.1 Å². The van der Waals surface area contributed by atoms with E-state index in [1.165, 1.54) is 6.07 Å². The molecule has 2 atom stereocenters. The van der Waals surface area contributed by atoms with Crippen LogP contribution in [0.5, 0.6) is 11.5 Å². The van der Waals surface area contributed by atoms with E-state index in [1.54, 1.807) is 42.6 Å². The number of carbonyl (C=O) groups excluding carboxylic acids is 1. The van der Waals surface area contributed by atoms with Crippen LogP contribution in [0, 0.1) is 0 Å². The number of alkyl halides is 3. The molecule has 2 N–H and O–H groups in total. The third kappa shape index (κ3) is 3.81. The molecule has 1 aromatic carbocycles. The van der Waals surface area contributed by atoms with Crippen LogP contribution in [0.4, 0.5) is 19.0 Å². The summed E-state index contributed by atoms with van der Waals surface area (Å²) in [5, 5.41) is 9.65. The largest absolute Gasteiger partial charge is 0.454 e. The van der Waals surface area contributed by atoms with E-state index in [9.17, 15) is 18.0 Å². The van der Waals surface area contributed by atoms with Gasteiger partial charge in [0.2, 0.25) is 6.79 Å². The fourth-order valence-electron chi connectivity index (χ4n) is 3.80. The first-order valence-electron chi connectivity index (χ1n) is 9.89. The second-order valence-electron chi connectivity index (χ2n) is 7.47. The Morgan fingerprint density at radius 1 is 1.19 bits per heavy atom. The van der Waals surface area contributed by atoms with Gasteiger partial charge in [-0.05, 0) is 29.8 Å². The van der Waals surface area contributed by atoms with Gasteiger partial charge in [0.1, 0.15) is 5.82 Å². The van der Waals surface area contributed by atoms with Crippen molar-refractivity contribution < 1.29 is 27.4 Å². The predicted octanol–water partition coefficient (Wildman–Crippen LogP) is 3.60. The summed E-state index contributed by atoms with van der Waals surface area (Å²) in [5.41, 5.74) is 1.14. The SMILES string of the molecule is O=C(NCc1ccccn1)c1cc2n(n1)C(C(F)(F)F)CC(c1ccc3c(c1)OCO3)N2. The zero-order valence-corrected chi connectivity index (χ0v) is 16.6. The van der Waals surface area contributed by atoms with E-state index in [4.69, 9.17) is 9.47 Å². The molecule has 3 aromatic rings. The maximum absolute atomic E-state index is 13.9. The lowest BCUT2D eigenvalue weighted by atomic mass is 9.96. The quantitative estimate of drug-likeness (QED) is 0.638. The summed E-state index contributed by atoms with van der Waals surface area (Å²) in [6, 6.07) is 9.08. The van der Waals surface area contributed by atoms with Crippen LogP contribution < -0.4 is 20.1 Å². The van der Waals surface area contributed by atoms with Crippen LogP contribution in [0.25, 0.3) is 0 Å². The minimum absolute atomic E-state index is 0.0752. The first-order chi connectivity index (χ1) is 15.4. The summed E-state index contributed by atoms with van der Waals surface area (Å²) in [4.78, 5) is 16.6. The molecule has 4 heterocycles. The topological polar surface area (TPSA) is 90.3 Å². The average molecular weight is 445 g/mol. The molecular weight excluding hydrogens is 427 g/mol. The summed E-state index contributed by atoms with van der Waals surface area (Å²) in [6.45, 7) is 0.212. The van der Waals surface area contributed by atoms with Gasteiger partial charge in [-0.15, -0.1) is 0 Å². The van der Waals surface area contributed by atoms with Gasteiger partial charge in [0.15, 0.2) is 23.2 Å². The first-order valence-corrected chi connectivity index (χ1v) is 9.89. The van der Waals surface area contributed by atoms with Gasteiger partial charge in [-0.2, -0.15) is 18.3 Å². The number of carbonyl (C=O) groups is 1. The lowest BCUT2D eigenvalue weighted by Crippen LogP contribution is -2.35. The molecule has 0 spiro atoms. The third-order valence-corrected chi connectivity index (χ3v) is 5.38. The molecule has 32 heavy (non-hydrogen) atoms. The number of nitrogens with zero attached hydrogens (tertiary/aromatic N) is 3. The van der Waals surface area contributed by atoms with Crippen molar-refractivity contribution in [3.05, 3.63) is 65.6 Å². The van der Waals surface area contributed by atoms with Crippen LogP contribution in [0.3, 0.4) is 0 Å². The normalized spacial score (nSPS) is 19.2. The second-order valence-corrected chi connectivity index (χ2v) is 7.47. The Bertz CT molecular complexity index is 1150. The van der Waals surface area contributed by atoms with Gasteiger partial charge in [0.05, 0.1) is 18.3 Å². The van der Waals surface area contributed by atoms with Crippen LogP contribution in [0.15, 0.2) is 48.7 Å². The van der Waals surface area contributed by atoms with Gasteiger partial charge in [-0.1, -0.05) is 12.1 Å². The second kappa shape index (κ2) is 7.74. The lowest BCUT2D eigenvalue weighted by molar-refractivity contribution is -0.173. The molecule has 0 radical (unpaired) electrons. The van der Waals surface area contributed by atoms with Crippen molar-refractivity contribution in [1.29, 1.82) is 0 Å². The molecule has 0 saturated heterocycles. The van der Waals surface area contributed by atoms with E-state index in [2.05, 4.69) is 20.7 Å². The number of anilines is 1. The Kier molecular flexibility index (Phi) is 4.87. The van der Waals surface area contributed by atoms with Gasteiger partial charge in [-0.3, -0.25) is 9.78 Å². The number of amides is 1. The van der Waals surface area contributed by atoms with E-state index in [1.807, 2.05) is 0 Å². The highest BCUT2D eigenvalue weighted by atomic mass is 19.4. The molecule has 2 aliphatic heterocycles. The van der Waals surface area contributed by atoms with E-state index in [0.29, 0.717) is 22.8 Å². The van der Waals surface area contributed by atoms with Gasteiger partial charge >= 0.3 is 6.18 Å². The van der Waals surface area contributed by atoms with E-state index >= 15 is 0 Å². The lowest BCUT2D eigenvalue weighted by Gasteiger charge is -2.33. The maximum atomic E-state index is 13.9. The number of hydrogen-bond acceptors (Lipinski definition) is 6. The summed E-state index contributed by atoms with van der Waals surface area (Å²) in [5.74, 6) is 0.569. The van der Waals surface area contributed by atoms with Crippen LogP contribution in [-0.2, 0) is 6.54 Å². The number of nitrogens with one attached hydrogen (secondary N) is 2.